The maximum atomic E-state index is 12.1. The zero-order valence-corrected chi connectivity index (χ0v) is 12.9. The minimum atomic E-state index is -0.842. The second-order valence-electron chi connectivity index (χ2n) is 6.66. The van der Waals surface area contributed by atoms with Crippen molar-refractivity contribution in [3.8, 4) is 0 Å². The molecule has 0 spiro atoms. The molecule has 2 rings (SSSR count). The van der Waals surface area contributed by atoms with Gasteiger partial charge < -0.3 is 20.6 Å². The number of carboxylic acid groups (broad SMARTS) is 1. The molecule has 0 aromatic rings. The Morgan fingerprint density at radius 1 is 1.29 bits per heavy atom. The number of likely N-dealkylation sites (tertiary alicyclic amines) is 1. The summed E-state index contributed by atoms with van der Waals surface area (Å²) < 4.78 is 0. The summed E-state index contributed by atoms with van der Waals surface area (Å²) in [4.78, 5) is 25.4. The van der Waals surface area contributed by atoms with Gasteiger partial charge in [-0.2, -0.15) is 0 Å². The Morgan fingerprint density at radius 3 is 2.62 bits per heavy atom. The first-order chi connectivity index (χ1) is 9.99. The van der Waals surface area contributed by atoms with Crippen molar-refractivity contribution in [2.75, 3.05) is 26.7 Å². The van der Waals surface area contributed by atoms with E-state index in [4.69, 9.17) is 5.11 Å². The molecule has 1 unspecified atom stereocenters. The van der Waals surface area contributed by atoms with Crippen molar-refractivity contribution in [2.45, 2.75) is 50.5 Å². The number of piperidine rings is 1. The summed E-state index contributed by atoms with van der Waals surface area (Å²) >= 11 is 0. The molecule has 1 saturated carbocycles. The molecular weight excluding hydrogens is 270 g/mol. The average Bonchev–Trinajstić information content (AvgIpc) is 2.83. The van der Waals surface area contributed by atoms with E-state index in [1.807, 2.05) is 0 Å². The summed E-state index contributed by atoms with van der Waals surface area (Å²) in [6.45, 7) is 2.81. The van der Waals surface area contributed by atoms with Crippen LogP contribution in [0.25, 0.3) is 0 Å². The number of carbonyl (C=O) groups excluding carboxylic acids is 1. The van der Waals surface area contributed by atoms with Gasteiger partial charge in [0, 0.05) is 13.1 Å². The van der Waals surface area contributed by atoms with Crippen molar-refractivity contribution < 1.29 is 14.7 Å². The van der Waals surface area contributed by atoms with Gasteiger partial charge in [0.25, 0.3) is 0 Å². The minimum Gasteiger partial charge on any atom is -0.481 e. The normalized spacial score (nSPS) is 25.5. The first-order valence-corrected chi connectivity index (χ1v) is 7.95. The molecule has 21 heavy (non-hydrogen) atoms. The number of carboxylic acids is 1. The molecule has 0 aromatic carbocycles. The third-order valence-electron chi connectivity index (χ3n) is 4.70. The molecule has 1 aliphatic carbocycles. The highest BCUT2D eigenvalue weighted by Gasteiger charge is 2.37. The lowest BCUT2D eigenvalue weighted by atomic mass is 9.93. The van der Waals surface area contributed by atoms with E-state index >= 15 is 0 Å². The number of urea groups is 1. The van der Waals surface area contributed by atoms with Crippen LogP contribution in [0.5, 0.6) is 0 Å². The van der Waals surface area contributed by atoms with E-state index in [1.165, 1.54) is 6.42 Å². The molecule has 0 bridgehead atoms. The molecule has 1 heterocycles. The van der Waals surface area contributed by atoms with Crippen LogP contribution in [0.1, 0.15) is 44.9 Å². The van der Waals surface area contributed by atoms with Crippen molar-refractivity contribution in [1.29, 1.82) is 0 Å². The number of hydrogen-bond donors (Lipinski definition) is 3. The molecular formula is C15H27N3O3. The van der Waals surface area contributed by atoms with E-state index in [0.717, 1.165) is 45.2 Å². The van der Waals surface area contributed by atoms with Gasteiger partial charge in [-0.05, 0) is 45.2 Å². The van der Waals surface area contributed by atoms with Crippen molar-refractivity contribution in [3.63, 3.8) is 0 Å². The van der Waals surface area contributed by atoms with Gasteiger partial charge in [-0.1, -0.05) is 12.8 Å². The van der Waals surface area contributed by atoms with Crippen molar-refractivity contribution in [3.05, 3.63) is 0 Å². The summed E-state index contributed by atoms with van der Waals surface area (Å²) in [5.41, 5.74) is -0.542. The fourth-order valence-electron chi connectivity index (χ4n) is 3.65. The molecule has 0 aromatic heterocycles. The van der Waals surface area contributed by atoms with Crippen molar-refractivity contribution >= 4 is 12.0 Å². The number of nitrogens with zero attached hydrogens (tertiary/aromatic N) is 1. The van der Waals surface area contributed by atoms with Crippen molar-refractivity contribution in [2.24, 2.45) is 5.92 Å². The highest BCUT2D eigenvalue weighted by atomic mass is 16.4. The maximum absolute atomic E-state index is 12.1. The Morgan fingerprint density at radius 2 is 2.00 bits per heavy atom. The lowest BCUT2D eigenvalue weighted by Gasteiger charge is -2.31. The zero-order valence-electron chi connectivity index (χ0n) is 12.9. The predicted molar refractivity (Wildman–Crippen MR) is 80.2 cm³/mol. The van der Waals surface area contributed by atoms with E-state index in [-0.39, 0.29) is 12.5 Å². The van der Waals surface area contributed by atoms with Gasteiger partial charge in [0.15, 0.2) is 0 Å². The van der Waals surface area contributed by atoms with Crippen LogP contribution < -0.4 is 10.6 Å². The summed E-state index contributed by atoms with van der Waals surface area (Å²) in [7, 11) is 2.10. The van der Waals surface area contributed by atoms with Crippen LogP contribution in [0.2, 0.25) is 0 Å². The second kappa shape index (κ2) is 7.11. The first-order valence-electron chi connectivity index (χ1n) is 7.95. The van der Waals surface area contributed by atoms with Gasteiger partial charge in [0.05, 0.1) is 12.0 Å². The van der Waals surface area contributed by atoms with E-state index < -0.39 is 11.5 Å². The lowest BCUT2D eigenvalue weighted by Crippen LogP contribution is -2.52. The summed E-state index contributed by atoms with van der Waals surface area (Å²) in [6, 6.07) is -0.216. The average molecular weight is 297 g/mol. The van der Waals surface area contributed by atoms with E-state index in [2.05, 4.69) is 22.6 Å². The fourth-order valence-corrected chi connectivity index (χ4v) is 3.65. The Labute approximate surface area is 126 Å². The highest BCUT2D eigenvalue weighted by molar-refractivity contribution is 5.76. The van der Waals surface area contributed by atoms with Gasteiger partial charge in [-0.3, -0.25) is 4.79 Å². The fraction of sp³-hybridized carbons (Fsp3) is 0.867. The topological polar surface area (TPSA) is 81.7 Å². The Kier molecular flexibility index (Phi) is 5.45. The minimum absolute atomic E-state index is 0.0204. The number of amides is 2. The van der Waals surface area contributed by atoms with E-state index in [1.54, 1.807) is 0 Å². The molecule has 2 amide bonds. The number of rotatable bonds is 5. The summed E-state index contributed by atoms with van der Waals surface area (Å²) in [5.74, 6) is -0.348. The van der Waals surface area contributed by atoms with Crippen LogP contribution in [-0.2, 0) is 4.79 Å². The SMILES string of the molecule is CN1CCCC(CNC(=O)NC2(CC(=O)O)CCCC2)C1. The van der Waals surface area contributed by atoms with Crippen LogP contribution in [-0.4, -0.2) is 54.2 Å². The molecule has 0 radical (unpaired) electrons. The molecule has 2 fully saturated rings. The molecule has 120 valence electrons. The van der Waals surface area contributed by atoms with Crippen LogP contribution in [0.3, 0.4) is 0 Å². The second-order valence-corrected chi connectivity index (χ2v) is 6.66. The Bertz CT molecular complexity index is 380. The molecule has 6 heteroatoms. The smallest absolute Gasteiger partial charge is 0.315 e. The van der Waals surface area contributed by atoms with Gasteiger partial charge in [0.2, 0.25) is 0 Å². The number of hydrogen-bond acceptors (Lipinski definition) is 3. The molecule has 6 nitrogen and oxygen atoms in total. The number of aliphatic carboxylic acids is 1. The standard InChI is InChI=1S/C15H27N3O3/c1-18-8-4-5-12(11-18)10-16-14(21)17-15(9-13(19)20)6-2-3-7-15/h12H,2-11H2,1H3,(H,19,20)(H2,16,17,21). The van der Waals surface area contributed by atoms with Crippen LogP contribution in [0.4, 0.5) is 4.79 Å². The van der Waals surface area contributed by atoms with Gasteiger partial charge >= 0.3 is 12.0 Å². The highest BCUT2D eigenvalue weighted by Crippen LogP contribution is 2.32. The maximum Gasteiger partial charge on any atom is 0.315 e. The number of carbonyl (C=O) groups is 2. The van der Waals surface area contributed by atoms with Gasteiger partial charge in [0.1, 0.15) is 0 Å². The Hall–Kier alpha value is -1.30. The number of nitrogens with one attached hydrogen (secondary N) is 2. The quantitative estimate of drug-likeness (QED) is 0.717. The van der Waals surface area contributed by atoms with Crippen molar-refractivity contribution in [1.82, 2.24) is 15.5 Å². The third kappa shape index (κ3) is 4.88. The zero-order chi connectivity index (χ0) is 15.3. The van der Waals surface area contributed by atoms with Gasteiger partial charge in [-0.25, -0.2) is 4.79 Å². The molecule has 1 saturated heterocycles. The lowest BCUT2D eigenvalue weighted by molar-refractivity contribution is -0.138. The Balaban J connectivity index is 1.78. The third-order valence-corrected chi connectivity index (χ3v) is 4.70. The molecule has 1 atom stereocenters. The van der Waals surface area contributed by atoms with Crippen LogP contribution in [0.15, 0.2) is 0 Å². The predicted octanol–water partition coefficient (Wildman–Crippen LogP) is 1.41. The van der Waals surface area contributed by atoms with E-state index in [9.17, 15) is 9.59 Å². The van der Waals surface area contributed by atoms with Crippen LogP contribution >= 0.6 is 0 Å². The first kappa shape index (κ1) is 16.1. The summed E-state index contributed by atoms with van der Waals surface area (Å²) in [5, 5.41) is 14.9. The molecule has 1 aliphatic heterocycles. The molecule has 3 N–H and O–H groups in total. The largest absolute Gasteiger partial charge is 0.481 e. The van der Waals surface area contributed by atoms with Crippen LogP contribution in [0, 0.1) is 5.92 Å². The monoisotopic (exact) mass is 297 g/mol. The van der Waals surface area contributed by atoms with Gasteiger partial charge in [-0.15, -0.1) is 0 Å². The summed E-state index contributed by atoms with van der Waals surface area (Å²) in [6.07, 6.45) is 5.84. The molecule has 2 aliphatic rings. The van der Waals surface area contributed by atoms with E-state index in [0.29, 0.717) is 12.5 Å².